The molecule has 2 bridgehead atoms. The van der Waals surface area contributed by atoms with E-state index in [1.54, 1.807) is 0 Å². The number of fused-ring (bicyclic) bond motifs is 2. The summed E-state index contributed by atoms with van der Waals surface area (Å²) in [6.07, 6.45) is 11.7. The van der Waals surface area contributed by atoms with E-state index in [-0.39, 0.29) is 11.8 Å². The molecule has 0 spiro atoms. The fourth-order valence-electron chi connectivity index (χ4n) is 4.64. The maximum absolute atomic E-state index is 12.5. The van der Waals surface area contributed by atoms with E-state index >= 15 is 0 Å². The van der Waals surface area contributed by atoms with Crippen LogP contribution in [0, 0.1) is 17.8 Å². The molecule has 3 aliphatic carbocycles. The Hall–Kier alpha value is -1.32. The Bertz CT molecular complexity index is 504. The zero-order valence-corrected chi connectivity index (χ0v) is 11.9. The summed E-state index contributed by atoms with van der Waals surface area (Å²) in [7, 11) is 0. The largest absolute Gasteiger partial charge is 0.311 e. The molecule has 1 amide bonds. The lowest BCUT2D eigenvalue weighted by atomic mass is 9.88. The predicted octanol–water partition coefficient (Wildman–Crippen LogP) is 3.37. The predicted molar refractivity (Wildman–Crippen MR) is 77.3 cm³/mol. The molecule has 4 heteroatoms. The fraction of sp³-hybridized carbons (Fsp3) is 0.750. The van der Waals surface area contributed by atoms with E-state index in [4.69, 9.17) is 0 Å². The summed E-state index contributed by atoms with van der Waals surface area (Å²) >= 11 is 0. The smallest absolute Gasteiger partial charge is 0.228 e. The lowest BCUT2D eigenvalue weighted by Gasteiger charge is -2.22. The normalized spacial score (nSPS) is 32.9. The molecule has 20 heavy (non-hydrogen) atoms. The Labute approximate surface area is 119 Å². The van der Waals surface area contributed by atoms with Crippen LogP contribution in [0.25, 0.3) is 0 Å². The number of rotatable bonds is 3. The van der Waals surface area contributed by atoms with E-state index in [9.17, 15) is 4.79 Å². The van der Waals surface area contributed by atoms with Gasteiger partial charge in [-0.25, -0.2) is 4.68 Å². The number of hydrogen-bond acceptors (Lipinski definition) is 2. The van der Waals surface area contributed by atoms with Gasteiger partial charge in [0.1, 0.15) is 5.82 Å². The zero-order valence-electron chi connectivity index (χ0n) is 11.9. The van der Waals surface area contributed by atoms with E-state index in [0.717, 1.165) is 18.2 Å². The Morgan fingerprint density at radius 1 is 1.20 bits per heavy atom. The number of aromatic nitrogens is 2. The highest BCUT2D eigenvalue weighted by Crippen LogP contribution is 2.48. The van der Waals surface area contributed by atoms with Crippen LogP contribution in [0.15, 0.2) is 12.3 Å². The van der Waals surface area contributed by atoms with Crippen molar-refractivity contribution in [3.8, 4) is 0 Å². The third-order valence-electron chi connectivity index (χ3n) is 5.67. The molecule has 1 N–H and O–H groups in total. The molecule has 0 radical (unpaired) electrons. The van der Waals surface area contributed by atoms with Gasteiger partial charge in [0.15, 0.2) is 0 Å². The van der Waals surface area contributed by atoms with Gasteiger partial charge in [0.2, 0.25) is 5.91 Å². The van der Waals surface area contributed by atoms with Gasteiger partial charge in [-0.15, -0.1) is 0 Å². The number of carbonyl (C=O) groups is 1. The minimum absolute atomic E-state index is 0.233. The summed E-state index contributed by atoms with van der Waals surface area (Å²) in [6, 6.07) is 2.43. The van der Waals surface area contributed by atoms with Crippen molar-refractivity contribution in [2.24, 2.45) is 17.8 Å². The number of anilines is 1. The average molecular weight is 273 g/mol. The van der Waals surface area contributed by atoms with Gasteiger partial charge in [0, 0.05) is 12.0 Å². The van der Waals surface area contributed by atoms with Gasteiger partial charge >= 0.3 is 0 Å². The zero-order chi connectivity index (χ0) is 13.5. The van der Waals surface area contributed by atoms with Crippen molar-refractivity contribution >= 4 is 11.7 Å². The summed E-state index contributed by atoms with van der Waals surface area (Å²) < 4.78 is 2.04. The molecule has 0 aromatic carbocycles. The van der Waals surface area contributed by atoms with Crippen molar-refractivity contribution in [2.45, 2.75) is 57.4 Å². The summed E-state index contributed by atoms with van der Waals surface area (Å²) in [5.41, 5.74) is 0. The van der Waals surface area contributed by atoms with Crippen LogP contribution < -0.4 is 5.32 Å². The molecule has 3 aliphatic rings. The minimum Gasteiger partial charge on any atom is -0.311 e. The van der Waals surface area contributed by atoms with Crippen molar-refractivity contribution in [3.05, 3.63) is 12.3 Å². The molecular formula is C16H23N3O. The Kier molecular flexibility index (Phi) is 3.04. The van der Waals surface area contributed by atoms with Crippen molar-refractivity contribution in [2.75, 3.05) is 5.32 Å². The quantitative estimate of drug-likeness (QED) is 0.917. The molecule has 3 fully saturated rings. The number of carbonyl (C=O) groups excluding carboxylic acids is 1. The second-order valence-electron chi connectivity index (χ2n) is 6.87. The minimum atomic E-state index is 0.233. The highest BCUT2D eigenvalue weighted by Gasteiger charge is 2.43. The Morgan fingerprint density at radius 2 is 2.05 bits per heavy atom. The maximum atomic E-state index is 12.5. The van der Waals surface area contributed by atoms with Gasteiger partial charge in [0.25, 0.3) is 0 Å². The highest BCUT2D eigenvalue weighted by molar-refractivity contribution is 5.92. The van der Waals surface area contributed by atoms with Gasteiger partial charge in [0.05, 0.1) is 12.2 Å². The van der Waals surface area contributed by atoms with Crippen molar-refractivity contribution in [1.29, 1.82) is 0 Å². The first-order chi connectivity index (χ1) is 9.81. The summed E-state index contributed by atoms with van der Waals surface area (Å²) in [5.74, 6) is 2.85. The topological polar surface area (TPSA) is 46.9 Å². The molecule has 1 heterocycles. The number of amides is 1. The molecule has 0 saturated heterocycles. The number of nitrogens with one attached hydrogen (secondary N) is 1. The van der Waals surface area contributed by atoms with Crippen LogP contribution in [0.4, 0.5) is 5.82 Å². The van der Waals surface area contributed by atoms with E-state index in [0.29, 0.717) is 12.0 Å². The first kappa shape index (κ1) is 12.4. The molecule has 108 valence electrons. The highest BCUT2D eigenvalue weighted by atomic mass is 16.2. The lowest BCUT2D eigenvalue weighted by molar-refractivity contribution is -0.121. The van der Waals surface area contributed by atoms with Gasteiger partial charge in [-0.1, -0.05) is 19.3 Å². The van der Waals surface area contributed by atoms with Gasteiger partial charge in [-0.2, -0.15) is 5.10 Å². The molecule has 1 aromatic heterocycles. The third kappa shape index (κ3) is 2.05. The van der Waals surface area contributed by atoms with Crippen LogP contribution in [0.5, 0.6) is 0 Å². The fourth-order valence-corrected chi connectivity index (χ4v) is 4.64. The maximum Gasteiger partial charge on any atom is 0.228 e. The summed E-state index contributed by atoms with van der Waals surface area (Å²) in [4.78, 5) is 12.5. The van der Waals surface area contributed by atoms with Gasteiger partial charge in [-0.05, 0) is 43.9 Å². The first-order valence-electron chi connectivity index (χ1n) is 8.15. The van der Waals surface area contributed by atoms with Crippen molar-refractivity contribution in [3.63, 3.8) is 0 Å². The van der Waals surface area contributed by atoms with E-state index in [1.807, 2.05) is 16.9 Å². The first-order valence-corrected chi connectivity index (χ1v) is 8.15. The third-order valence-corrected chi connectivity index (χ3v) is 5.67. The molecule has 3 atom stereocenters. The van der Waals surface area contributed by atoms with Crippen LogP contribution in [0.3, 0.4) is 0 Å². The van der Waals surface area contributed by atoms with E-state index < -0.39 is 0 Å². The second kappa shape index (κ2) is 4.90. The second-order valence-corrected chi connectivity index (χ2v) is 6.87. The Balaban J connectivity index is 1.46. The van der Waals surface area contributed by atoms with Crippen LogP contribution in [-0.2, 0) is 4.79 Å². The lowest BCUT2D eigenvalue weighted by Crippen LogP contribution is -2.28. The van der Waals surface area contributed by atoms with Crippen molar-refractivity contribution in [1.82, 2.24) is 9.78 Å². The molecule has 0 unspecified atom stereocenters. The van der Waals surface area contributed by atoms with E-state index in [2.05, 4.69) is 10.4 Å². The number of hydrogen-bond donors (Lipinski definition) is 1. The van der Waals surface area contributed by atoms with E-state index in [1.165, 1.54) is 44.9 Å². The van der Waals surface area contributed by atoms with Crippen LogP contribution in [0.1, 0.15) is 57.4 Å². The molecule has 0 aliphatic heterocycles. The van der Waals surface area contributed by atoms with Gasteiger partial charge in [-0.3, -0.25) is 4.79 Å². The molecule has 4 rings (SSSR count). The average Bonchev–Trinajstić information content (AvgIpc) is 3.22. The number of nitrogens with zero attached hydrogens (tertiary/aromatic N) is 2. The molecule has 3 saturated carbocycles. The summed E-state index contributed by atoms with van der Waals surface area (Å²) in [6.45, 7) is 0. The summed E-state index contributed by atoms with van der Waals surface area (Å²) in [5, 5.41) is 7.58. The van der Waals surface area contributed by atoms with Crippen molar-refractivity contribution < 1.29 is 4.79 Å². The molecule has 4 nitrogen and oxygen atoms in total. The van der Waals surface area contributed by atoms with Crippen LogP contribution >= 0.6 is 0 Å². The molecule has 1 aromatic rings. The SMILES string of the molecule is O=C(Nc1ccnn1C1CCCC1)[C@H]1C[C@H]2CC[C@@H]1C2. The molecular weight excluding hydrogens is 250 g/mol. The van der Waals surface area contributed by atoms with Crippen LogP contribution in [0.2, 0.25) is 0 Å². The Morgan fingerprint density at radius 3 is 2.75 bits per heavy atom. The van der Waals surface area contributed by atoms with Crippen LogP contribution in [-0.4, -0.2) is 15.7 Å². The van der Waals surface area contributed by atoms with Gasteiger partial charge < -0.3 is 5.32 Å². The standard InChI is InChI=1S/C16H23N3O/c20-16(14-10-11-5-6-12(14)9-11)18-15-7-8-17-19(15)13-3-1-2-4-13/h7-8,11-14H,1-6,9-10H2,(H,18,20)/t11-,12+,14-/m0/s1. The monoisotopic (exact) mass is 273 g/mol.